The Hall–Kier alpha value is -2.89. The maximum atomic E-state index is 12.9. The molecule has 146 valence electrons. The van der Waals surface area contributed by atoms with E-state index in [0.717, 1.165) is 23.6 Å². The fourth-order valence-electron chi connectivity index (χ4n) is 3.42. The molecule has 1 saturated carbocycles. The minimum Gasteiger partial charge on any atom is -0.481 e. The number of rotatable bonds is 7. The van der Waals surface area contributed by atoms with Crippen LogP contribution in [-0.4, -0.2) is 33.6 Å². The summed E-state index contributed by atoms with van der Waals surface area (Å²) in [6, 6.07) is 13.9. The fourth-order valence-corrected chi connectivity index (χ4v) is 3.42. The molecule has 6 nitrogen and oxygen atoms in total. The van der Waals surface area contributed by atoms with Crippen molar-refractivity contribution in [2.45, 2.75) is 51.7 Å². The Labute approximate surface area is 164 Å². The van der Waals surface area contributed by atoms with Crippen LogP contribution in [0.5, 0.6) is 5.75 Å². The van der Waals surface area contributed by atoms with E-state index in [1.807, 2.05) is 43.3 Å². The number of amides is 1. The quantitative estimate of drug-likeness (QED) is 0.612. The molecule has 0 aliphatic heterocycles. The maximum Gasteiger partial charge on any atom is 0.263 e. The first kappa shape index (κ1) is 18.5. The number of likely N-dealkylation sites (N-methyl/N-ethyl adjacent to an activating group) is 1. The summed E-state index contributed by atoms with van der Waals surface area (Å²) in [7, 11) is 0. The first-order valence-corrected chi connectivity index (χ1v) is 9.90. The summed E-state index contributed by atoms with van der Waals surface area (Å²) in [5.41, 5.74) is 0. The van der Waals surface area contributed by atoms with E-state index in [2.05, 4.69) is 16.2 Å². The summed E-state index contributed by atoms with van der Waals surface area (Å²) in [5, 5.41) is 6.27. The molecule has 0 unspecified atom stereocenters. The van der Waals surface area contributed by atoms with E-state index >= 15 is 0 Å². The average molecular weight is 379 g/mol. The lowest BCUT2D eigenvalue weighted by atomic mass is 9.85. The lowest BCUT2D eigenvalue weighted by molar-refractivity contribution is -0.138. The van der Waals surface area contributed by atoms with E-state index in [9.17, 15) is 4.79 Å². The van der Waals surface area contributed by atoms with Gasteiger partial charge in [0, 0.05) is 12.5 Å². The molecule has 0 radical (unpaired) electrons. The van der Waals surface area contributed by atoms with Crippen molar-refractivity contribution in [2.24, 2.45) is 0 Å². The molecule has 6 heteroatoms. The minimum atomic E-state index is -0.598. The average Bonchev–Trinajstić information content (AvgIpc) is 3.12. The predicted octanol–water partition coefficient (Wildman–Crippen LogP) is 4.31. The summed E-state index contributed by atoms with van der Waals surface area (Å²) >= 11 is 0. The molecule has 3 aromatic rings. The van der Waals surface area contributed by atoms with Gasteiger partial charge in [-0.15, -0.1) is 0 Å². The highest BCUT2D eigenvalue weighted by Gasteiger charge is 2.27. The van der Waals surface area contributed by atoms with Gasteiger partial charge in [-0.3, -0.25) is 4.79 Å². The number of carbonyl (C=O) groups is 1. The van der Waals surface area contributed by atoms with E-state index in [-0.39, 0.29) is 5.91 Å². The van der Waals surface area contributed by atoms with Crippen LogP contribution in [-0.2, 0) is 11.3 Å². The molecule has 1 fully saturated rings. The van der Waals surface area contributed by atoms with E-state index in [4.69, 9.17) is 9.26 Å². The van der Waals surface area contributed by atoms with Crippen LogP contribution in [0.15, 0.2) is 47.0 Å². The number of nitrogens with zero attached hydrogens (tertiary/aromatic N) is 3. The number of hydrogen-bond acceptors (Lipinski definition) is 5. The first-order valence-electron chi connectivity index (χ1n) is 9.90. The second kappa shape index (κ2) is 8.00. The largest absolute Gasteiger partial charge is 0.481 e. The number of carbonyl (C=O) groups excluding carboxylic acids is 1. The van der Waals surface area contributed by atoms with Gasteiger partial charge in [-0.25, -0.2) is 0 Å². The molecule has 0 spiro atoms. The third-order valence-electron chi connectivity index (χ3n) is 5.35. The highest BCUT2D eigenvalue weighted by atomic mass is 16.5. The van der Waals surface area contributed by atoms with Crippen LogP contribution in [0.1, 0.15) is 50.7 Å². The number of fused-ring (bicyclic) bond motifs is 1. The lowest BCUT2D eigenvalue weighted by Crippen LogP contribution is -2.40. The van der Waals surface area contributed by atoms with Crippen molar-refractivity contribution in [1.82, 2.24) is 15.0 Å². The second-order valence-electron chi connectivity index (χ2n) is 7.30. The van der Waals surface area contributed by atoms with E-state index < -0.39 is 6.10 Å². The van der Waals surface area contributed by atoms with Gasteiger partial charge < -0.3 is 14.2 Å². The highest BCUT2D eigenvalue weighted by molar-refractivity contribution is 5.84. The molecule has 4 rings (SSSR count). The molecule has 1 amide bonds. The van der Waals surface area contributed by atoms with Crippen LogP contribution >= 0.6 is 0 Å². The van der Waals surface area contributed by atoms with Crippen molar-refractivity contribution in [1.29, 1.82) is 0 Å². The molecule has 1 atom stereocenters. The van der Waals surface area contributed by atoms with Gasteiger partial charge in [-0.2, -0.15) is 4.98 Å². The Bertz CT molecular complexity index is 964. The van der Waals surface area contributed by atoms with Crippen molar-refractivity contribution < 1.29 is 14.1 Å². The van der Waals surface area contributed by atoms with Gasteiger partial charge in [0.2, 0.25) is 5.89 Å². The molecule has 0 bridgehead atoms. The molecule has 1 aliphatic carbocycles. The van der Waals surface area contributed by atoms with Crippen molar-refractivity contribution in [3.8, 4) is 5.75 Å². The normalized spacial score (nSPS) is 15.2. The fraction of sp³-hybridized carbons (Fsp3) is 0.409. The Morgan fingerprint density at radius 3 is 2.75 bits per heavy atom. The summed E-state index contributed by atoms with van der Waals surface area (Å²) in [5.74, 6) is 2.23. The topological polar surface area (TPSA) is 68.5 Å². The third-order valence-corrected chi connectivity index (χ3v) is 5.35. The third kappa shape index (κ3) is 3.86. The first-order chi connectivity index (χ1) is 13.6. The summed E-state index contributed by atoms with van der Waals surface area (Å²) in [4.78, 5) is 19.0. The molecular formula is C22H25N3O3. The monoisotopic (exact) mass is 379 g/mol. The maximum absolute atomic E-state index is 12.9. The van der Waals surface area contributed by atoms with Crippen LogP contribution in [0.4, 0.5) is 0 Å². The van der Waals surface area contributed by atoms with E-state index in [1.165, 1.54) is 6.42 Å². The van der Waals surface area contributed by atoms with Crippen molar-refractivity contribution >= 4 is 16.7 Å². The number of aromatic nitrogens is 2. The van der Waals surface area contributed by atoms with Crippen LogP contribution in [0.3, 0.4) is 0 Å². The molecule has 2 aromatic carbocycles. The van der Waals surface area contributed by atoms with Crippen LogP contribution < -0.4 is 4.74 Å². The summed E-state index contributed by atoms with van der Waals surface area (Å²) in [6.45, 7) is 4.60. The second-order valence-corrected chi connectivity index (χ2v) is 7.30. The summed E-state index contributed by atoms with van der Waals surface area (Å²) < 4.78 is 11.3. The zero-order valence-electron chi connectivity index (χ0n) is 16.3. The van der Waals surface area contributed by atoms with Crippen LogP contribution in [0.2, 0.25) is 0 Å². The van der Waals surface area contributed by atoms with Gasteiger partial charge >= 0.3 is 0 Å². The molecule has 1 heterocycles. The SMILES string of the molecule is CCN(Cc1noc(C2CCC2)n1)C(=O)[C@H](C)Oc1ccc2ccccc2c1. The molecule has 1 aliphatic rings. The smallest absolute Gasteiger partial charge is 0.263 e. The lowest BCUT2D eigenvalue weighted by Gasteiger charge is -2.24. The zero-order valence-corrected chi connectivity index (χ0v) is 16.3. The van der Waals surface area contributed by atoms with Crippen molar-refractivity contribution in [2.75, 3.05) is 6.54 Å². The molecule has 1 aromatic heterocycles. The number of ether oxygens (including phenoxy) is 1. The summed E-state index contributed by atoms with van der Waals surface area (Å²) in [6.07, 6.45) is 2.83. The van der Waals surface area contributed by atoms with Crippen LogP contribution in [0.25, 0.3) is 10.8 Å². The van der Waals surface area contributed by atoms with Crippen LogP contribution in [0, 0.1) is 0 Å². The Morgan fingerprint density at radius 1 is 1.25 bits per heavy atom. The van der Waals surface area contributed by atoms with Gasteiger partial charge in [-0.05, 0) is 49.6 Å². The van der Waals surface area contributed by atoms with Gasteiger partial charge in [0.15, 0.2) is 11.9 Å². The number of benzene rings is 2. The van der Waals surface area contributed by atoms with Gasteiger partial charge in [-0.1, -0.05) is 41.9 Å². The van der Waals surface area contributed by atoms with Gasteiger partial charge in [0.1, 0.15) is 5.75 Å². The zero-order chi connectivity index (χ0) is 19.5. The Balaban J connectivity index is 1.40. The molecule has 0 N–H and O–H groups in total. The van der Waals surface area contributed by atoms with E-state index in [1.54, 1.807) is 11.8 Å². The molecule has 0 saturated heterocycles. The molecular weight excluding hydrogens is 354 g/mol. The predicted molar refractivity (Wildman–Crippen MR) is 106 cm³/mol. The minimum absolute atomic E-state index is 0.0920. The van der Waals surface area contributed by atoms with Crippen molar-refractivity contribution in [3.63, 3.8) is 0 Å². The number of hydrogen-bond donors (Lipinski definition) is 0. The Kier molecular flexibility index (Phi) is 5.28. The van der Waals surface area contributed by atoms with E-state index in [0.29, 0.717) is 36.5 Å². The standard InChI is InChI=1S/C22H25N3O3/c1-3-25(14-20-23-21(28-24-20)17-9-6-10-17)22(26)15(2)27-19-12-11-16-7-4-5-8-18(16)13-19/h4-5,7-8,11-13,15,17H,3,6,9-10,14H2,1-2H3/t15-/m0/s1. The Morgan fingerprint density at radius 2 is 2.04 bits per heavy atom. The van der Waals surface area contributed by atoms with Gasteiger partial charge in [0.25, 0.3) is 5.91 Å². The molecule has 28 heavy (non-hydrogen) atoms. The van der Waals surface area contributed by atoms with Gasteiger partial charge in [0.05, 0.1) is 6.54 Å². The van der Waals surface area contributed by atoms with Crippen molar-refractivity contribution in [3.05, 3.63) is 54.2 Å². The highest BCUT2D eigenvalue weighted by Crippen LogP contribution is 2.35.